The summed E-state index contributed by atoms with van der Waals surface area (Å²) in [5, 5.41) is 12.4. The molecule has 2 N–H and O–H groups in total. The average molecular weight is 258 g/mol. The van der Waals surface area contributed by atoms with Gasteiger partial charge in [-0.2, -0.15) is 0 Å². The highest BCUT2D eigenvalue weighted by Gasteiger charge is 2.18. The van der Waals surface area contributed by atoms with E-state index >= 15 is 0 Å². The summed E-state index contributed by atoms with van der Waals surface area (Å²) < 4.78 is 1.48. The minimum Gasteiger partial charge on any atom is -0.503 e. The summed E-state index contributed by atoms with van der Waals surface area (Å²) in [5.41, 5.74) is 0.588. The van der Waals surface area contributed by atoms with E-state index in [0.717, 1.165) is 0 Å². The lowest BCUT2D eigenvalue weighted by molar-refractivity contribution is 0.101. The number of aromatic hydroxyl groups is 1. The van der Waals surface area contributed by atoms with Crippen LogP contribution in [-0.4, -0.2) is 15.6 Å². The third-order valence-corrected chi connectivity index (χ3v) is 2.91. The predicted octanol–water partition coefficient (Wildman–Crippen LogP) is 1.65. The molecule has 1 aromatic heterocycles. The third-order valence-electron chi connectivity index (χ3n) is 2.91. The van der Waals surface area contributed by atoms with E-state index in [1.807, 2.05) is 6.07 Å². The lowest BCUT2D eigenvalue weighted by Crippen LogP contribution is -2.22. The van der Waals surface area contributed by atoms with Crippen LogP contribution >= 0.6 is 0 Å². The minimum atomic E-state index is -0.561. The largest absolute Gasteiger partial charge is 0.503 e. The van der Waals surface area contributed by atoms with Gasteiger partial charge >= 0.3 is 0 Å². The van der Waals surface area contributed by atoms with Crippen molar-refractivity contribution in [1.82, 2.24) is 4.57 Å². The monoisotopic (exact) mass is 258 g/mol. The van der Waals surface area contributed by atoms with E-state index in [2.05, 4.69) is 5.32 Å². The molecule has 5 nitrogen and oxygen atoms in total. The molecule has 0 saturated carbocycles. The molecule has 2 aromatic rings. The van der Waals surface area contributed by atoms with E-state index in [0.29, 0.717) is 11.4 Å². The Bertz CT molecular complexity index is 675. The van der Waals surface area contributed by atoms with E-state index in [1.54, 1.807) is 38.2 Å². The fourth-order valence-electron chi connectivity index (χ4n) is 1.78. The Balaban J connectivity index is 2.43. The molecule has 2 rings (SSSR count). The maximum Gasteiger partial charge on any atom is 0.276 e. The molecule has 0 atom stereocenters. The molecule has 0 saturated heterocycles. The summed E-state index contributed by atoms with van der Waals surface area (Å²) in [4.78, 5) is 23.7. The van der Waals surface area contributed by atoms with Gasteiger partial charge in [0.2, 0.25) is 5.43 Å². The van der Waals surface area contributed by atoms with Crippen LogP contribution in [-0.2, 0) is 7.05 Å². The number of aromatic nitrogens is 1. The molecule has 0 aliphatic carbocycles. The molecular weight excluding hydrogens is 244 g/mol. The molecule has 1 aromatic carbocycles. The number of amides is 1. The van der Waals surface area contributed by atoms with Gasteiger partial charge in [-0.1, -0.05) is 18.2 Å². The van der Waals surface area contributed by atoms with Crippen LogP contribution in [0.15, 0.2) is 41.2 Å². The third kappa shape index (κ3) is 2.49. The zero-order valence-electron chi connectivity index (χ0n) is 10.7. The van der Waals surface area contributed by atoms with Gasteiger partial charge in [0.1, 0.15) is 0 Å². The maximum absolute atomic E-state index is 12.1. The number of hydrogen-bond acceptors (Lipinski definition) is 3. The van der Waals surface area contributed by atoms with E-state index in [4.69, 9.17) is 0 Å². The van der Waals surface area contributed by atoms with Gasteiger partial charge in [-0.15, -0.1) is 0 Å². The van der Waals surface area contributed by atoms with Crippen LogP contribution < -0.4 is 10.7 Å². The summed E-state index contributed by atoms with van der Waals surface area (Å²) in [6, 6.07) is 10.1. The second-order valence-electron chi connectivity index (χ2n) is 4.23. The Morgan fingerprint density at radius 2 is 1.89 bits per heavy atom. The summed E-state index contributed by atoms with van der Waals surface area (Å²) in [5.74, 6) is -1.06. The molecule has 0 aliphatic rings. The van der Waals surface area contributed by atoms with Gasteiger partial charge in [-0.05, 0) is 19.1 Å². The predicted molar refractivity (Wildman–Crippen MR) is 72.5 cm³/mol. The molecule has 1 heterocycles. The number of hydrogen-bond donors (Lipinski definition) is 2. The SMILES string of the molecule is Cc1cc(=O)c(O)c(C(=O)Nc2ccccc2)n1C. The van der Waals surface area contributed by atoms with Crippen LogP contribution in [0.3, 0.4) is 0 Å². The first-order chi connectivity index (χ1) is 9.00. The molecular formula is C14H14N2O3. The van der Waals surface area contributed by atoms with Crippen LogP contribution in [0.25, 0.3) is 0 Å². The van der Waals surface area contributed by atoms with Gasteiger partial charge in [-0.3, -0.25) is 9.59 Å². The van der Waals surface area contributed by atoms with Crippen LogP contribution in [0.2, 0.25) is 0 Å². The second-order valence-corrected chi connectivity index (χ2v) is 4.23. The number of nitrogens with one attached hydrogen (secondary N) is 1. The van der Waals surface area contributed by atoms with Crippen molar-refractivity contribution in [3.8, 4) is 5.75 Å². The van der Waals surface area contributed by atoms with Crippen molar-refractivity contribution >= 4 is 11.6 Å². The number of rotatable bonds is 2. The lowest BCUT2D eigenvalue weighted by Gasteiger charge is -2.13. The van der Waals surface area contributed by atoms with Crippen molar-refractivity contribution in [2.24, 2.45) is 7.05 Å². The van der Waals surface area contributed by atoms with Crippen LogP contribution in [0.5, 0.6) is 5.75 Å². The first-order valence-corrected chi connectivity index (χ1v) is 5.76. The van der Waals surface area contributed by atoms with E-state index in [9.17, 15) is 14.7 Å². The van der Waals surface area contributed by atoms with Gasteiger partial charge in [0.15, 0.2) is 11.4 Å². The van der Waals surface area contributed by atoms with Crippen molar-refractivity contribution in [2.45, 2.75) is 6.92 Å². The molecule has 1 amide bonds. The number of para-hydroxylation sites is 1. The highest BCUT2D eigenvalue weighted by atomic mass is 16.3. The molecule has 0 bridgehead atoms. The zero-order valence-corrected chi connectivity index (χ0v) is 10.7. The molecule has 5 heteroatoms. The van der Waals surface area contributed by atoms with E-state index in [1.165, 1.54) is 10.6 Å². The minimum absolute atomic E-state index is 0.0474. The Hall–Kier alpha value is -2.56. The van der Waals surface area contributed by atoms with Crippen LogP contribution in [0.4, 0.5) is 5.69 Å². The highest BCUT2D eigenvalue weighted by Crippen LogP contribution is 2.15. The Morgan fingerprint density at radius 3 is 2.53 bits per heavy atom. The van der Waals surface area contributed by atoms with Crippen molar-refractivity contribution < 1.29 is 9.90 Å². The van der Waals surface area contributed by atoms with Crippen molar-refractivity contribution in [1.29, 1.82) is 0 Å². The van der Waals surface area contributed by atoms with E-state index in [-0.39, 0.29) is 5.69 Å². The number of pyridine rings is 1. The molecule has 0 radical (unpaired) electrons. The number of anilines is 1. The number of benzene rings is 1. The summed E-state index contributed by atoms with van der Waals surface area (Å²) in [6.07, 6.45) is 0. The number of nitrogens with zero attached hydrogens (tertiary/aromatic N) is 1. The highest BCUT2D eigenvalue weighted by molar-refractivity contribution is 6.04. The Labute approximate surface area is 110 Å². The molecule has 0 unspecified atom stereocenters. The number of carbonyl (C=O) groups excluding carboxylic acids is 1. The normalized spacial score (nSPS) is 10.2. The molecule has 0 fully saturated rings. The van der Waals surface area contributed by atoms with Crippen molar-refractivity contribution in [3.63, 3.8) is 0 Å². The quantitative estimate of drug-likeness (QED) is 0.860. The summed E-state index contributed by atoms with van der Waals surface area (Å²) in [6.45, 7) is 1.69. The zero-order chi connectivity index (χ0) is 14.0. The first kappa shape index (κ1) is 12.9. The van der Waals surface area contributed by atoms with Crippen LogP contribution in [0, 0.1) is 6.92 Å². The summed E-state index contributed by atoms with van der Waals surface area (Å²) in [7, 11) is 1.62. The average Bonchev–Trinajstić information content (AvgIpc) is 2.38. The van der Waals surface area contributed by atoms with Crippen LogP contribution in [0.1, 0.15) is 16.2 Å². The fourth-order valence-corrected chi connectivity index (χ4v) is 1.78. The molecule has 0 aliphatic heterocycles. The van der Waals surface area contributed by atoms with Crippen molar-refractivity contribution in [2.75, 3.05) is 5.32 Å². The van der Waals surface area contributed by atoms with E-state index < -0.39 is 17.1 Å². The number of carbonyl (C=O) groups is 1. The smallest absolute Gasteiger partial charge is 0.276 e. The van der Waals surface area contributed by atoms with Gasteiger partial charge in [0.25, 0.3) is 5.91 Å². The second kappa shape index (κ2) is 4.97. The lowest BCUT2D eigenvalue weighted by atomic mass is 10.2. The van der Waals surface area contributed by atoms with Crippen molar-refractivity contribution in [3.05, 3.63) is 58.0 Å². The van der Waals surface area contributed by atoms with Gasteiger partial charge in [0, 0.05) is 24.5 Å². The van der Waals surface area contributed by atoms with Gasteiger partial charge in [-0.25, -0.2) is 0 Å². The Kier molecular flexibility index (Phi) is 3.37. The van der Waals surface area contributed by atoms with Gasteiger partial charge < -0.3 is 15.0 Å². The fraction of sp³-hybridized carbons (Fsp3) is 0.143. The maximum atomic E-state index is 12.1. The van der Waals surface area contributed by atoms with Gasteiger partial charge in [0.05, 0.1) is 0 Å². The molecule has 0 spiro atoms. The summed E-state index contributed by atoms with van der Waals surface area (Å²) >= 11 is 0. The number of aryl methyl sites for hydroxylation is 1. The first-order valence-electron chi connectivity index (χ1n) is 5.76. The Morgan fingerprint density at radius 1 is 1.26 bits per heavy atom. The molecule has 19 heavy (non-hydrogen) atoms. The standard InChI is InChI=1S/C14H14N2O3/c1-9-8-11(17)13(18)12(16(9)2)14(19)15-10-6-4-3-5-7-10/h3-8,18H,1-2H3,(H,15,19). The molecule has 98 valence electrons. The topological polar surface area (TPSA) is 71.3 Å².